The van der Waals surface area contributed by atoms with E-state index in [9.17, 15) is 4.79 Å². The number of amides is 1. The summed E-state index contributed by atoms with van der Waals surface area (Å²) in [5.74, 6) is 1.62. The van der Waals surface area contributed by atoms with E-state index >= 15 is 0 Å². The van der Waals surface area contributed by atoms with Gasteiger partial charge in [0.1, 0.15) is 17.9 Å². The van der Waals surface area contributed by atoms with E-state index in [1.807, 2.05) is 41.5 Å². The van der Waals surface area contributed by atoms with Crippen LogP contribution in [0.15, 0.2) is 67.5 Å². The summed E-state index contributed by atoms with van der Waals surface area (Å²) < 4.78 is 5.88. The summed E-state index contributed by atoms with van der Waals surface area (Å²) in [5.41, 5.74) is 3.47. The first-order chi connectivity index (χ1) is 23.4. The van der Waals surface area contributed by atoms with Crippen molar-refractivity contribution in [2.75, 3.05) is 101 Å². The maximum Gasteiger partial charge on any atom is 0.247 e. The number of hydroxylamine groups is 1. The highest BCUT2D eigenvalue weighted by Gasteiger charge is 2.31. The number of methoxy groups -OCH3 is 1. The zero-order chi connectivity index (χ0) is 33.5. The van der Waals surface area contributed by atoms with Crippen LogP contribution >= 0.6 is 0 Å². The number of aromatic nitrogens is 2. The molecule has 0 saturated carbocycles. The van der Waals surface area contributed by atoms with E-state index in [-0.39, 0.29) is 11.9 Å². The molecule has 12 heteroatoms. The molecule has 3 aromatic rings. The van der Waals surface area contributed by atoms with Crippen molar-refractivity contribution in [3.05, 3.63) is 73.1 Å². The average molecular weight is 656 g/mol. The molecule has 48 heavy (non-hydrogen) atoms. The molecule has 0 aliphatic carbocycles. The highest BCUT2D eigenvalue weighted by Crippen LogP contribution is 2.40. The van der Waals surface area contributed by atoms with E-state index < -0.39 is 0 Å². The van der Waals surface area contributed by atoms with Crippen LogP contribution in [0.4, 0.5) is 28.7 Å². The molecular formula is C36H49N9O3. The van der Waals surface area contributed by atoms with Gasteiger partial charge < -0.3 is 25.2 Å². The predicted molar refractivity (Wildman–Crippen MR) is 191 cm³/mol. The highest BCUT2D eigenvalue weighted by atomic mass is 16.7. The molecule has 0 radical (unpaired) electrons. The van der Waals surface area contributed by atoms with E-state index in [1.54, 1.807) is 7.11 Å². The Hall–Kier alpha value is -4.23. The van der Waals surface area contributed by atoms with E-state index in [4.69, 9.17) is 9.57 Å². The van der Waals surface area contributed by atoms with Crippen LogP contribution < -0.4 is 25.3 Å². The van der Waals surface area contributed by atoms with Gasteiger partial charge in [-0.25, -0.2) is 15.0 Å². The summed E-state index contributed by atoms with van der Waals surface area (Å²) in [4.78, 5) is 37.5. The maximum atomic E-state index is 12.6. The topological polar surface area (TPSA) is 102 Å². The Morgan fingerprint density at radius 3 is 2.50 bits per heavy atom. The third kappa shape index (κ3) is 8.07. The van der Waals surface area contributed by atoms with Crippen molar-refractivity contribution in [1.29, 1.82) is 0 Å². The zero-order valence-electron chi connectivity index (χ0n) is 28.5. The number of piperidine rings is 1. The van der Waals surface area contributed by atoms with Crippen LogP contribution in [-0.2, 0) is 9.63 Å². The van der Waals surface area contributed by atoms with Crippen molar-refractivity contribution in [1.82, 2.24) is 24.7 Å². The second kappa shape index (κ2) is 15.8. The van der Waals surface area contributed by atoms with Crippen LogP contribution in [0, 0.1) is 0 Å². The second-order valence-corrected chi connectivity index (χ2v) is 12.9. The standard InChI is InChI=1S/C36H49N9O3/c1-5-36(46)40-29-23-30(39-34-25-35(38-26-37-34)45-31(13-22-48-45)27-9-7-6-8-10-27)33(47-4)24-32(29)44-14-11-28(12-15-44)43-20-18-42(19-21-43)17-16-41(2)3/h5-10,23-26,28,31H,1,11-22H2,2-4H3,(H,40,46)(H,37,38,39)/t31-/m1/s1. The molecule has 6 rings (SSSR count). The largest absolute Gasteiger partial charge is 0.494 e. The molecule has 1 amide bonds. The Kier molecular flexibility index (Phi) is 11.1. The number of hydrogen-bond donors (Lipinski definition) is 2. The lowest BCUT2D eigenvalue weighted by Gasteiger charge is -2.43. The molecule has 0 unspecified atom stereocenters. The Labute approximate surface area is 284 Å². The van der Waals surface area contributed by atoms with Gasteiger partial charge in [-0.05, 0) is 44.6 Å². The number of carbonyl (C=O) groups is 1. The van der Waals surface area contributed by atoms with Gasteiger partial charge in [0.2, 0.25) is 5.91 Å². The van der Waals surface area contributed by atoms with Crippen molar-refractivity contribution in [3.8, 4) is 5.75 Å². The number of rotatable bonds is 12. The van der Waals surface area contributed by atoms with Crippen LogP contribution in [0.5, 0.6) is 5.75 Å². The zero-order valence-corrected chi connectivity index (χ0v) is 28.5. The Morgan fingerprint density at radius 1 is 1.02 bits per heavy atom. The minimum absolute atomic E-state index is 0.0605. The number of carbonyl (C=O) groups excluding carboxylic acids is 1. The molecule has 3 aliphatic rings. The van der Waals surface area contributed by atoms with E-state index in [0.29, 0.717) is 41.4 Å². The number of likely N-dealkylation sites (N-methyl/N-ethyl adjacent to an activating group) is 1. The molecule has 3 fully saturated rings. The average Bonchev–Trinajstić information content (AvgIpc) is 3.62. The fraction of sp³-hybridized carbons (Fsp3) is 0.472. The fourth-order valence-electron chi connectivity index (χ4n) is 6.89. The van der Waals surface area contributed by atoms with Crippen molar-refractivity contribution in [3.63, 3.8) is 0 Å². The molecular weight excluding hydrogens is 606 g/mol. The molecule has 3 aliphatic heterocycles. The summed E-state index contributed by atoms with van der Waals surface area (Å²) in [7, 11) is 5.93. The van der Waals surface area contributed by atoms with Gasteiger partial charge >= 0.3 is 0 Å². The Morgan fingerprint density at radius 2 is 1.79 bits per heavy atom. The molecule has 1 aromatic heterocycles. The highest BCUT2D eigenvalue weighted by molar-refractivity contribution is 6.02. The van der Waals surface area contributed by atoms with Gasteiger partial charge in [0.05, 0.1) is 36.8 Å². The summed E-state index contributed by atoms with van der Waals surface area (Å²) >= 11 is 0. The minimum atomic E-state index is -0.267. The summed E-state index contributed by atoms with van der Waals surface area (Å²) in [6.07, 6.45) is 5.82. The van der Waals surface area contributed by atoms with Gasteiger partial charge in [0.25, 0.3) is 0 Å². The monoisotopic (exact) mass is 655 g/mol. The Balaban J connectivity index is 1.16. The number of anilines is 5. The van der Waals surface area contributed by atoms with Crippen molar-refractivity contribution >= 4 is 34.6 Å². The molecule has 0 spiro atoms. The van der Waals surface area contributed by atoms with Crippen molar-refractivity contribution < 1.29 is 14.4 Å². The molecule has 4 heterocycles. The lowest BCUT2D eigenvalue weighted by Crippen LogP contribution is -2.54. The van der Waals surface area contributed by atoms with Crippen LogP contribution in [0.2, 0.25) is 0 Å². The van der Waals surface area contributed by atoms with Crippen LogP contribution in [-0.4, -0.2) is 117 Å². The first-order valence-corrected chi connectivity index (χ1v) is 17.0. The molecule has 3 saturated heterocycles. The third-order valence-corrected chi connectivity index (χ3v) is 9.58. The van der Waals surface area contributed by atoms with E-state index in [2.05, 4.69) is 73.0 Å². The quantitative estimate of drug-likeness (QED) is 0.272. The van der Waals surface area contributed by atoms with Gasteiger partial charge in [-0.2, -0.15) is 0 Å². The number of nitrogens with one attached hydrogen (secondary N) is 2. The third-order valence-electron chi connectivity index (χ3n) is 9.58. The molecule has 12 nitrogen and oxygen atoms in total. The lowest BCUT2D eigenvalue weighted by atomic mass is 10.0. The lowest BCUT2D eigenvalue weighted by molar-refractivity contribution is -0.111. The first-order valence-electron chi connectivity index (χ1n) is 17.0. The number of nitrogens with zero attached hydrogens (tertiary/aromatic N) is 7. The van der Waals surface area contributed by atoms with E-state index in [0.717, 1.165) is 77.3 Å². The smallest absolute Gasteiger partial charge is 0.247 e. The van der Waals surface area contributed by atoms with Crippen molar-refractivity contribution in [2.24, 2.45) is 0 Å². The summed E-state index contributed by atoms with van der Waals surface area (Å²) in [6, 6.07) is 16.7. The van der Waals surface area contributed by atoms with Gasteiger partial charge in [-0.1, -0.05) is 36.9 Å². The number of ether oxygens (including phenoxy) is 1. The molecule has 256 valence electrons. The van der Waals surface area contributed by atoms with Crippen molar-refractivity contribution in [2.45, 2.75) is 31.3 Å². The maximum absolute atomic E-state index is 12.6. The van der Waals surface area contributed by atoms with E-state index in [1.165, 1.54) is 18.0 Å². The van der Waals surface area contributed by atoms with Gasteiger partial charge in [0, 0.05) is 77.0 Å². The van der Waals surface area contributed by atoms with Crippen LogP contribution in [0.25, 0.3) is 0 Å². The molecule has 0 bridgehead atoms. The predicted octanol–water partition coefficient (Wildman–Crippen LogP) is 4.38. The number of piperazine rings is 1. The molecule has 2 N–H and O–H groups in total. The fourth-order valence-corrected chi connectivity index (χ4v) is 6.89. The summed E-state index contributed by atoms with van der Waals surface area (Å²) in [6.45, 7) is 12.8. The minimum Gasteiger partial charge on any atom is -0.494 e. The van der Waals surface area contributed by atoms with Crippen LogP contribution in [0.3, 0.4) is 0 Å². The van der Waals surface area contributed by atoms with Gasteiger partial charge in [-0.3, -0.25) is 19.4 Å². The molecule has 1 atom stereocenters. The van der Waals surface area contributed by atoms with Gasteiger partial charge in [-0.15, -0.1) is 0 Å². The normalized spacial score (nSPS) is 19.5. The first kappa shape index (κ1) is 33.7. The molecule has 2 aromatic carbocycles. The second-order valence-electron chi connectivity index (χ2n) is 12.9. The summed E-state index contributed by atoms with van der Waals surface area (Å²) in [5, 5.41) is 8.30. The van der Waals surface area contributed by atoms with Crippen LogP contribution in [0.1, 0.15) is 30.9 Å². The Bertz CT molecular complexity index is 1520. The number of benzene rings is 2. The van der Waals surface area contributed by atoms with Gasteiger partial charge in [0.15, 0.2) is 5.82 Å². The number of hydrogen-bond acceptors (Lipinski definition) is 11. The SMILES string of the molecule is C=CC(=O)Nc1cc(Nc2cc(N3OCC[C@@H]3c3ccccc3)ncn2)c(OC)cc1N1CCC(N2CCN(CCN(C)C)CC2)CC1.